The van der Waals surface area contributed by atoms with Crippen molar-refractivity contribution in [3.63, 3.8) is 0 Å². The lowest BCUT2D eigenvalue weighted by Gasteiger charge is -2.57. The lowest BCUT2D eigenvalue weighted by molar-refractivity contribution is -0.103. The molecule has 4 fully saturated rings. The van der Waals surface area contributed by atoms with Crippen LogP contribution in [-0.2, 0) is 6.54 Å². The molecule has 28 heavy (non-hydrogen) atoms. The lowest BCUT2D eigenvalue weighted by Crippen LogP contribution is -2.51. The van der Waals surface area contributed by atoms with E-state index in [9.17, 15) is 5.11 Å². The molecule has 4 saturated carbocycles. The van der Waals surface area contributed by atoms with Crippen LogP contribution in [0, 0.1) is 46.8 Å². The van der Waals surface area contributed by atoms with Gasteiger partial charge < -0.3 is 5.11 Å². The summed E-state index contributed by atoms with van der Waals surface area (Å²) >= 11 is 0. The fraction of sp³-hybridized carbons (Fsp3) is 0.917. The number of hydrogen-bond donors (Lipinski definition) is 1. The molecule has 1 heterocycles. The molecule has 0 spiro atoms. The number of hydrogen-bond acceptors (Lipinski definition) is 3. The smallest absolute Gasteiger partial charge is 0.0692 e. The molecule has 9 atom stereocenters. The molecule has 1 N–H and O–H groups in total. The van der Waals surface area contributed by atoms with Crippen molar-refractivity contribution < 1.29 is 5.11 Å². The van der Waals surface area contributed by atoms with E-state index in [4.69, 9.17) is 0 Å². The van der Waals surface area contributed by atoms with Gasteiger partial charge in [-0.2, -0.15) is 0 Å². The molecule has 1 aromatic rings. The maximum atomic E-state index is 10.6. The molecule has 4 heteroatoms. The van der Waals surface area contributed by atoms with Gasteiger partial charge in [0, 0.05) is 12.7 Å². The first-order valence-electron chi connectivity index (χ1n) is 11.9. The predicted molar refractivity (Wildman–Crippen MR) is 110 cm³/mol. The van der Waals surface area contributed by atoms with Crippen molar-refractivity contribution in [3.05, 3.63) is 12.4 Å². The molecule has 4 nitrogen and oxygen atoms in total. The number of fused-ring (bicyclic) bond motifs is 5. The third-order valence-electron chi connectivity index (χ3n) is 9.94. The largest absolute Gasteiger partial charge is 0.390 e. The third kappa shape index (κ3) is 3.05. The van der Waals surface area contributed by atoms with Gasteiger partial charge in [-0.25, -0.2) is 0 Å². The fourth-order valence-electron chi connectivity index (χ4n) is 8.81. The second-order valence-corrected chi connectivity index (χ2v) is 11.5. The van der Waals surface area contributed by atoms with E-state index in [-0.39, 0.29) is 0 Å². The molecule has 4 aliphatic carbocycles. The zero-order valence-corrected chi connectivity index (χ0v) is 18.1. The van der Waals surface area contributed by atoms with Gasteiger partial charge in [-0.3, -0.25) is 4.68 Å². The SMILES string of the molecule is C[C@@H](Cn1ccnn1)C1CC[C@H]2[C@@H]3CC[C@H]4C[C@](C)(O)CC[C@@H]4[C@H]3CC[C@]12C. The van der Waals surface area contributed by atoms with Gasteiger partial charge in [0.25, 0.3) is 0 Å². The monoisotopic (exact) mass is 385 g/mol. The Morgan fingerprint density at radius 2 is 1.86 bits per heavy atom. The molecule has 0 saturated heterocycles. The molecule has 156 valence electrons. The number of nitrogens with zero attached hydrogens (tertiary/aromatic N) is 3. The zero-order valence-electron chi connectivity index (χ0n) is 18.1. The normalized spacial score (nSPS) is 49.1. The first-order valence-corrected chi connectivity index (χ1v) is 11.9. The van der Waals surface area contributed by atoms with Crippen LogP contribution in [0.4, 0.5) is 0 Å². The van der Waals surface area contributed by atoms with Crippen LogP contribution in [0.5, 0.6) is 0 Å². The van der Waals surface area contributed by atoms with E-state index in [1.54, 1.807) is 6.20 Å². The molecule has 0 bridgehead atoms. The third-order valence-corrected chi connectivity index (χ3v) is 9.94. The highest BCUT2D eigenvalue weighted by molar-refractivity contribution is 5.07. The summed E-state index contributed by atoms with van der Waals surface area (Å²) in [6.07, 6.45) is 15.7. The summed E-state index contributed by atoms with van der Waals surface area (Å²) in [4.78, 5) is 0. The van der Waals surface area contributed by atoms with Gasteiger partial charge in [-0.15, -0.1) is 5.10 Å². The van der Waals surface area contributed by atoms with Crippen molar-refractivity contribution >= 4 is 0 Å². The maximum Gasteiger partial charge on any atom is 0.0692 e. The summed E-state index contributed by atoms with van der Waals surface area (Å²) in [5.41, 5.74) is 0.126. The first kappa shape index (κ1) is 19.1. The quantitative estimate of drug-likeness (QED) is 0.802. The van der Waals surface area contributed by atoms with Crippen LogP contribution in [-0.4, -0.2) is 25.7 Å². The van der Waals surface area contributed by atoms with Gasteiger partial charge >= 0.3 is 0 Å². The van der Waals surface area contributed by atoms with Gasteiger partial charge in [-0.05, 0) is 112 Å². The maximum absolute atomic E-state index is 10.6. The predicted octanol–water partition coefficient (Wildman–Crippen LogP) is 4.93. The molecule has 0 aromatic carbocycles. The zero-order chi connectivity index (χ0) is 19.5. The number of rotatable bonds is 3. The summed E-state index contributed by atoms with van der Waals surface area (Å²) < 4.78 is 2.03. The Bertz CT molecular complexity index is 686. The Morgan fingerprint density at radius 1 is 1.04 bits per heavy atom. The Labute approximate surface area is 170 Å². The van der Waals surface area contributed by atoms with Crippen LogP contribution in [0.3, 0.4) is 0 Å². The molecular weight excluding hydrogens is 346 g/mol. The van der Waals surface area contributed by atoms with Crippen molar-refractivity contribution in [3.8, 4) is 0 Å². The van der Waals surface area contributed by atoms with Crippen LogP contribution < -0.4 is 0 Å². The van der Waals surface area contributed by atoms with E-state index in [1.165, 1.54) is 44.9 Å². The lowest BCUT2D eigenvalue weighted by atomic mass is 9.48. The minimum absolute atomic E-state index is 0.396. The van der Waals surface area contributed by atoms with E-state index < -0.39 is 5.60 Å². The van der Waals surface area contributed by atoms with Gasteiger partial charge in [0.1, 0.15) is 0 Å². The van der Waals surface area contributed by atoms with Crippen LogP contribution >= 0.6 is 0 Å². The van der Waals surface area contributed by atoms with E-state index in [2.05, 4.69) is 31.1 Å². The van der Waals surface area contributed by atoms with E-state index >= 15 is 0 Å². The van der Waals surface area contributed by atoms with Crippen molar-refractivity contribution in [1.82, 2.24) is 15.0 Å². The Hall–Kier alpha value is -0.900. The average molecular weight is 386 g/mol. The van der Waals surface area contributed by atoms with E-state index in [0.29, 0.717) is 11.3 Å². The Balaban J connectivity index is 1.31. The highest BCUT2D eigenvalue weighted by Gasteiger charge is 2.58. The second-order valence-electron chi connectivity index (χ2n) is 11.5. The molecule has 1 aromatic heterocycles. The minimum atomic E-state index is -0.396. The fourth-order valence-corrected chi connectivity index (χ4v) is 8.81. The highest BCUT2D eigenvalue weighted by Crippen LogP contribution is 2.65. The topological polar surface area (TPSA) is 50.9 Å². The van der Waals surface area contributed by atoms with Gasteiger partial charge in [0.15, 0.2) is 0 Å². The summed E-state index contributed by atoms with van der Waals surface area (Å²) in [5, 5.41) is 18.8. The summed E-state index contributed by atoms with van der Waals surface area (Å²) in [7, 11) is 0. The first-order chi connectivity index (χ1) is 13.4. The van der Waals surface area contributed by atoms with Gasteiger partial charge in [0.05, 0.1) is 11.8 Å². The van der Waals surface area contributed by atoms with Crippen LogP contribution in [0.1, 0.15) is 78.6 Å². The van der Waals surface area contributed by atoms with Gasteiger partial charge in [0.2, 0.25) is 0 Å². The van der Waals surface area contributed by atoms with Crippen LogP contribution in [0.15, 0.2) is 12.4 Å². The standard InChI is InChI=1S/C24H39N3O/c1-16(15-27-13-12-25-26-27)21-6-7-22-20-5-4-17-14-23(2,28)10-8-18(17)19(20)9-11-24(21,22)3/h12-13,16-22,28H,4-11,14-15H2,1-3H3/t16-,17-,18-,19+,20+,21?,22-,23+,24+/m0/s1. The molecular formula is C24H39N3O. The molecule has 0 aliphatic heterocycles. The molecule has 0 amide bonds. The van der Waals surface area contributed by atoms with Crippen molar-refractivity contribution in [2.45, 2.75) is 90.7 Å². The Kier molecular flexibility index (Phi) is 4.65. The molecule has 1 unspecified atom stereocenters. The van der Waals surface area contributed by atoms with E-state index in [1.807, 2.05) is 10.9 Å². The number of aromatic nitrogens is 3. The molecule has 5 rings (SSSR count). The summed E-state index contributed by atoms with van der Waals surface area (Å²) in [6, 6.07) is 0. The van der Waals surface area contributed by atoms with Crippen LogP contribution in [0.25, 0.3) is 0 Å². The Morgan fingerprint density at radius 3 is 2.64 bits per heavy atom. The van der Waals surface area contributed by atoms with Crippen LogP contribution in [0.2, 0.25) is 0 Å². The highest BCUT2D eigenvalue weighted by atomic mass is 16.3. The average Bonchev–Trinajstić information content (AvgIpc) is 3.27. The summed E-state index contributed by atoms with van der Waals surface area (Å²) in [6.45, 7) is 8.18. The summed E-state index contributed by atoms with van der Waals surface area (Å²) in [5.74, 6) is 6.01. The minimum Gasteiger partial charge on any atom is -0.390 e. The van der Waals surface area contributed by atoms with Crippen molar-refractivity contribution in [1.29, 1.82) is 0 Å². The molecule has 4 aliphatic rings. The second kappa shape index (κ2) is 6.82. The van der Waals surface area contributed by atoms with E-state index in [0.717, 1.165) is 54.9 Å². The van der Waals surface area contributed by atoms with Crippen molar-refractivity contribution in [2.24, 2.45) is 46.8 Å². The van der Waals surface area contributed by atoms with Gasteiger partial charge in [-0.1, -0.05) is 19.1 Å². The molecule has 0 radical (unpaired) electrons. The van der Waals surface area contributed by atoms with Crippen molar-refractivity contribution in [2.75, 3.05) is 0 Å². The number of aliphatic hydroxyl groups is 1.